The summed E-state index contributed by atoms with van der Waals surface area (Å²) >= 11 is 6.87. The molecule has 0 saturated carbocycles. The molecule has 0 spiro atoms. The van der Waals surface area contributed by atoms with E-state index in [9.17, 15) is 8.42 Å². The van der Waals surface area contributed by atoms with Crippen LogP contribution in [0.4, 0.5) is 5.69 Å². The topological polar surface area (TPSA) is 49.9 Å². The summed E-state index contributed by atoms with van der Waals surface area (Å²) in [5.74, 6) is 0. The summed E-state index contributed by atoms with van der Waals surface area (Å²) in [5, 5.41) is 0. The molecule has 0 unspecified atom stereocenters. The van der Waals surface area contributed by atoms with E-state index in [4.69, 9.17) is 4.74 Å². The van der Waals surface area contributed by atoms with Crippen LogP contribution in [0.3, 0.4) is 0 Å². The molecule has 144 valence electrons. The number of halogens is 2. The average molecular weight is 516 g/mol. The van der Waals surface area contributed by atoms with Gasteiger partial charge in [-0.3, -0.25) is 0 Å². The second-order valence-electron chi connectivity index (χ2n) is 6.81. The molecular weight excluding hydrogens is 496 g/mol. The third-order valence-corrected chi connectivity index (χ3v) is 8.02. The highest BCUT2D eigenvalue weighted by Crippen LogP contribution is 2.33. The molecule has 2 aliphatic heterocycles. The number of anilines is 1. The summed E-state index contributed by atoms with van der Waals surface area (Å²) in [6.07, 6.45) is 1.57. The van der Waals surface area contributed by atoms with Crippen LogP contribution in [0.25, 0.3) is 0 Å². The normalized spacial score (nSPS) is 19.1. The third-order valence-electron chi connectivity index (χ3n) is 5.14. The molecule has 0 aromatic heterocycles. The number of piperidine rings is 1. The van der Waals surface area contributed by atoms with E-state index < -0.39 is 10.0 Å². The van der Waals surface area contributed by atoms with E-state index >= 15 is 0 Å². The van der Waals surface area contributed by atoms with Crippen LogP contribution in [0.2, 0.25) is 0 Å². The Morgan fingerprint density at radius 2 is 1.74 bits per heavy atom. The van der Waals surface area contributed by atoms with Gasteiger partial charge in [0, 0.05) is 39.3 Å². The number of sulfonamides is 1. The molecule has 0 aliphatic carbocycles. The van der Waals surface area contributed by atoms with Gasteiger partial charge < -0.3 is 9.64 Å². The van der Waals surface area contributed by atoms with Crippen molar-refractivity contribution in [2.24, 2.45) is 0 Å². The van der Waals surface area contributed by atoms with Gasteiger partial charge in [0.1, 0.15) is 6.73 Å². The molecule has 4 rings (SSSR count). The summed E-state index contributed by atoms with van der Waals surface area (Å²) in [6.45, 7) is 2.20. The van der Waals surface area contributed by atoms with Crippen molar-refractivity contribution < 1.29 is 13.2 Å². The van der Waals surface area contributed by atoms with Crippen LogP contribution in [0.1, 0.15) is 18.4 Å². The van der Waals surface area contributed by atoms with E-state index in [2.05, 4.69) is 48.9 Å². The third kappa shape index (κ3) is 3.96. The van der Waals surface area contributed by atoms with Crippen LogP contribution < -0.4 is 4.90 Å². The van der Waals surface area contributed by atoms with Crippen molar-refractivity contribution in [3.05, 3.63) is 57.0 Å². The molecule has 2 aromatic carbocycles. The minimum atomic E-state index is -3.46. The lowest BCUT2D eigenvalue weighted by molar-refractivity contribution is 0.0987. The van der Waals surface area contributed by atoms with Crippen molar-refractivity contribution in [3.8, 4) is 0 Å². The highest BCUT2D eigenvalue weighted by atomic mass is 79.9. The molecule has 2 aliphatic rings. The smallest absolute Gasteiger partial charge is 0.243 e. The van der Waals surface area contributed by atoms with Crippen molar-refractivity contribution in [1.29, 1.82) is 0 Å². The van der Waals surface area contributed by atoms with E-state index in [0.717, 1.165) is 21.8 Å². The molecule has 5 nitrogen and oxygen atoms in total. The summed E-state index contributed by atoms with van der Waals surface area (Å²) in [6, 6.07) is 13.4. The minimum absolute atomic E-state index is 0.277. The zero-order valence-electron chi connectivity index (χ0n) is 14.6. The maximum absolute atomic E-state index is 12.9. The number of hydrogen-bond acceptors (Lipinski definition) is 4. The van der Waals surface area contributed by atoms with Gasteiger partial charge in [-0.2, -0.15) is 4.31 Å². The molecule has 27 heavy (non-hydrogen) atoms. The summed E-state index contributed by atoms with van der Waals surface area (Å²) in [7, 11) is -3.46. The maximum Gasteiger partial charge on any atom is 0.243 e. The zero-order valence-corrected chi connectivity index (χ0v) is 18.6. The fourth-order valence-corrected chi connectivity index (χ4v) is 6.22. The van der Waals surface area contributed by atoms with E-state index in [1.54, 1.807) is 22.5 Å². The zero-order chi connectivity index (χ0) is 19.0. The van der Waals surface area contributed by atoms with Gasteiger partial charge >= 0.3 is 0 Å². The van der Waals surface area contributed by atoms with Crippen molar-refractivity contribution in [2.75, 3.05) is 24.7 Å². The maximum atomic E-state index is 12.9. The summed E-state index contributed by atoms with van der Waals surface area (Å²) in [4.78, 5) is 2.61. The van der Waals surface area contributed by atoms with Gasteiger partial charge in [-0.15, -0.1) is 0 Å². The van der Waals surface area contributed by atoms with Crippen LogP contribution in [0, 0.1) is 0 Å². The fraction of sp³-hybridized carbons (Fsp3) is 0.368. The number of rotatable bonds is 3. The van der Waals surface area contributed by atoms with Gasteiger partial charge in [0.05, 0.1) is 11.5 Å². The Balaban J connectivity index is 1.49. The van der Waals surface area contributed by atoms with Gasteiger partial charge in [0.2, 0.25) is 10.0 Å². The molecule has 2 heterocycles. The van der Waals surface area contributed by atoms with E-state index in [1.807, 2.05) is 12.1 Å². The van der Waals surface area contributed by atoms with Crippen LogP contribution in [0.15, 0.2) is 56.3 Å². The average Bonchev–Trinajstić information content (AvgIpc) is 2.67. The Labute approximate surface area is 176 Å². The van der Waals surface area contributed by atoms with Gasteiger partial charge in [0.25, 0.3) is 0 Å². The first kappa shape index (κ1) is 19.4. The Kier molecular flexibility index (Phi) is 5.62. The van der Waals surface area contributed by atoms with Gasteiger partial charge in [-0.1, -0.05) is 37.9 Å². The number of fused-ring (bicyclic) bond motifs is 1. The number of ether oxygens (including phenoxy) is 1. The molecule has 0 radical (unpaired) electrons. The molecule has 1 fully saturated rings. The van der Waals surface area contributed by atoms with E-state index in [1.165, 1.54) is 11.3 Å². The van der Waals surface area contributed by atoms with Crippen molar-refractivity contribution in [3.63, 3.8) is 0 Å². The lowest BCUT2D eigenvalue weighted by Crippen LogP contribution is -2.48. The van der Waals surface area contributed by atoms with Crippen molar-refractivity contribution in [1.82, 2.24) is 4.31 Å². The number of benzene rings is 2. The molecule has 0 N–H and O–H groups in total. The Morgan fingerprint density at radius 1 is 1.00 bits per heavy atom. The monoisotopic (exact) mass is 514 g/mol. The van der Waals surface area contributed by atoms with Crippen molar-refractivity contribution in [2.45, 2.75) is 30.4 Å². The number of nitrogens with zero attached hydrogens (tertiary/aromatic N) is 2. The van der Waals surface area contributed by atoms with Crippen LogP contribution in [0.5, 0.6) is 0 Å². The van der Waals surface area contributed by atoms with Gasteiger partial charge in [0.15, 0.2) is 0 Å². The lowest BCUT2D eigenvalue weighted by Gasteiger charge is -2.41. The SMILES string of the molecule is O=S(=O)(c1cccc(Br)c1)N1CCC(N2COCc3cc(Br)ccc32)CC1. The Morgan fingerprint density at radius 3 is 2.48 bits per heavy atom. The molecule has 2 aromatic rings. The summed E-state index contributed by atoms with van der Waals surface area (Å²) < 4.78 is 35.0. The Hall–Kier alpha value is -0.930. The first-order valence-electron chi connectivity index (χ1n) is 8.84. The first-order chi connectivity index (χ1) is 12.9. The Bertz CT molecular complexity index is 944. The minimum Gasteiger partial charge on any atom is -0.356 e. The molecule has 0 bridgehead atoms. The second-order valence-corrected chi connectivity index (χ2v) is 10.6. The van der Waals surface area contributed by atoms with Crippen molar-refractivity contribution >= 4 is 47.6 Å². The molecule has 8 heteroatoms. The standard InChI is InChI=1S/C19H20Br2N2O3S/c20-15-2-1-3-18(11-15)27(24,25)22-8-6-17(7-9-22)23-13-26-12-14-10-16(21)4-5-19(14)23/h1-5,10-11,17H,6-9,12-13H2. The predicted molar refractivity (Wildman–Crippen MR) is 112 cm³/mol. The van der Waals surface area contributed by atoms with E-state index in [-0.39, 0.29) is 6.04 Å². The van der Waals surface area contributed by atoms with Crippen LogP contribution in [-0.2, 0) is 21.4 Å². The van der Waals surface area contributed by atoms with Crippen LogP contribution in [-0.4, -0.2) is 38.6 Å². The second kappa shape index (κ2) is 7.83. The fourth-order valence-electron chi connectivity index (χ4n) is 3.75. The highest BCUT2D eigenvalue weighted by Gasteiger charge is 2.33. The highest BCUT2D eigenvalue weighted by molar-refractivity contribution is 9.10. The largest absolute Gasteiger partial charge is 0.356 e. The predicted octanol–water partition coefficient (Wildman–Crippen LogP) is 4.36. The van der Waals surface area contributed by atoms with Crippen LogP contribution >= 0.6 is 31.9 Å². The first-order valence-corrected chi connectivity index (χ1v) is 11.9. The van der Waals surface area contributed by atoms with E-state index in [0.29, 0.717) is 31.3 Å². The summed E-state index contributed by atoms with van der Waals surface area (Å²) in [5.41, 5.74) is 2.36. The molecule has 1 saturated heterocycles. The van der Waals surface area contributed by atoms with Gasteiger partial charge in [-0.25, -0.2) is 8.42 Å². The van der Waals surface area contributed by atoms with Gasteiger partial charge in [-0.05, 0) is 49.2 Å². The molecule has 0 amide bonds. The lowest BCUT2D eigenvalue weighted by atomic mass is 10.0. The molecular formula is C19H20Br2N2O3S. The molecule has 0 atom stereocenters. The number of hydrogen-bond donors (Lipinski definition) is 0. The quantitative estimate of drug-likeness (QED) is 0.609.